The Bertz CT molecular complexity index is 1060. The van der Waals surface area contributed by atoms with Gasteiger partial charge in [-0.2, -0.15) is 13.2 Å². The number of alkyl halides is 3. The van der Waals surface area contributed by atoms with Gasteiger partial charge in [-0.05, 0) is 30.3 Å². The highest BCUT2D eigenvalue weighted by molar-refractivity contribution is 6.03. The van der Waals surface area contributed by atoms with Crippen molar-refractivity contribution >= 4 is 34.5 Å². The quantitative estimate of drug-likeness (QED) is 0.736. The second-order valence-corrected chi connectivity index (χ2v) is 6.13. The third-order valence-electron chi connectivity index (χ3n) is 4.30. The Balaban J connectivity index is 1.55. The molecule has 0 spiro atoms. The maximum Gasteiger partial charge on any atom is 0.416 e. The van der Waals surface area contributed by atoms with Crippen LogP contribution in [0.4, 0.5) is 24.8 Å². The number of carbonyl (C=O) groups excluding carboxylic acids is 2. The van der Waals surface area contributed by atoms with E-state index in [9.17, 15) is 22.8 Å². The van der Waals surface area contributed by atoms with Crippen molar-refractivity contribution < 1.29 is 22.8 Å². The summed E-state index contributed by atoms with van der Waals surface area (Å²) >= 11 is 0. The van der Waals surface area contributed by atoms with Gasteiger partial charge in [0.05, 0.1) is 23.0 Å². The lowest BCUT2D eigenvalue weighted by atomic mass is 10.1. The summed E-state index contributed by atoms with van der Waals surface area (Å²) in [6, 6.07) is 10.7. The summed E-state index contributed by atoms with van der Waals surface area (Å²) in [5, 5.41) is 5.04. The Morgan fingerprint density at radius 1 is 1.19 bits per heavy atom. The number of aromatic nitrogens is 2. The number of nitrogens with zero attached hydrogens (tertiary/aromatic N) is 2. The van der Waals surface area contributed by atoms with Crippen LogP contribution in [0, 0.1) is 0 Å². The molecule has 1 aliphatic heterocycles. The molecule has 0 radical (unpaired) electrons. The number of hydrogen-bond donors (Lipinski definition) is 2. The van der Waals surface area contributed by atoms with Gasteiger partial charge >= 0.3 is 6.18 Å². The fraction of sp³-hybridized carbons (Fsp3) is 0.167. The molecule has 0 fully saturated rings. The van der Waals surface area contributed by atoms with Gasteiger partial charge in [0.1, 0.15) is 6.04 Å². The Kier molecular flexibility index (Phi) is 3.87. The van der Waals surface area contributed by atoms with Crippen molar-refractivity contribution in [3.8, 4) is 0 Å². The van der Waals surface area contributed by atoms with Crippen molar-refractivity contribution in [2.75, 3.05) is 10.6 Å². The van der Waals surface area contributed by atoms with Gasteiger partial charge in [0.2, 0.25) is 17.8 Å². The lowest BCUT2D eigenvalue weighted by Crippen LogP contribution is -2.23. The van der Waals surface area contributed by atoms with Crippen LogP contribution in [0.25, 0.3) is 11.0 Å². The van der Waals surface area contributed by atoms with Gasteiger partial charge in [0, 0.05) is 5.69 Å². The van der Waals surface area contributed by atoms with Crippen molar-refractivity contribution in [2.45, 2.75) is 18.6 Å². The van der Waals surface area contributed by atoms with E-state index in [2.05, 4.69) is 15.6 Å². The Morgan fingerprint density at radius 2 is 1.96 bits per heavy atom. The Labute approximate surface area is 151 Å². The van der Waals surface area contributed by atoms with E-state index in [0.29, 0.717) is 17.0 Å². The van der Waals surface area contributed by atoms with E-state index < -0.39 is 23.7 Å². The van der Waals surface area contributed by atoms with Crippen LogP contribution in [0.3, 0.4) is 0 Å². The minimum absolute atomic E-state index is 0.0175. The van der Waals surface area contributed by atoms with Gasteiger partial charge in [-0.25, -0.2) is 4.98 Å². The lowest BCUT2D eigenvalue weighted by molar-refractivity contribution is -0.137. The minimum atomic E-state index is -4.50. The van der Waals surface area contributed by atoms with E-state index in [1.807, 2.05) is 6.07 Å². The first-order chi connectivity index (χ1) is 12.8. The van der Waals surface area contributed by atoms with Crippen LogP contribution >= 0.6 is 0 Å². The number of carbonyl (C=O) groups is 2. The number of fused-ring (bicyclic) bond motifs is 3. The third kappa shape index (κ3) is 3.12. The van der Waals surface area contributed by atoms with Crippen molar-refractivity contribution in [1.82, 2.24) is 9.55 Å². The normalized spacial score (nSPS) is 16.3. The molecule has 27 heavy (non-hydrogen) atoms. The molecule has 2 N–H and O–H groups in total. The number of rotatable bonds is 3. The molecule has 0 saturated heterocycles. The van der Waals surface area contributed by atoms with E-state index in [1.54, 1.807) is 22.8 Å². The first kappa shape index (κ1) is 17.1. The molecule has 0 aliphatic carbocycles. The second kappa shape index (κ2) is 6.11. The number of para-hydroxylation sites is 2. The predicted octanol–water partition coefficient (Wildman–Crippen LogP) is 3.58. The highest BCUT2D eigenvalue weighted by Crippen LogP contribution is 2.33. The Hall–Kier alpha value is -3.36. The van der Waals surface area contributed by atoms with E-state index in [1.165, 1.54) is 12.1 Å². The maximum absolute atomic E-state index is 12.8. The lowest BCUT2D eigenvalue weighted by Gasteiger charge is -2.13. The van der Waals surface area contributed by atoms with Crippen molar-refractivity contribution in [2.24, 2.45) is 0 Å². The number of amides is 2. The van der Waals surface area contributed by atoms with Gasteiger partial charge in [-0.15, -0.1) is 0 Å². The van der Waals surface area contributed by atoms with Crippen LogP contribution < -0.4 is 10.6 Å². The molecule has 0 saturated carbocycles. The zero-order valence-corrected chi connectivity index (χ0v) is 13.7. The summed E-state index contributed by atoms with van der Waals surface area (Å²) in [6.07, 6.45) is -4.73. The molecular formula is C18H13F3N4O2. The standard InChI is InChI=1S/C18H13F3N4O2/c19-18(20,21)10-4-3-5-11(8-10)22-15(26)9-14-16(27)24-17-23-12-6-1-2-7-13(12)25(14)17/h1-8,14H,9H2,(H,22,26)(H,23,24,27). The third-order valence-corrected chi connectivity index (χ3v) is 4.30. The monoisotopic (exact) mass is 374 g/mol. The predicted molar refractivity (Wildman–Crippen MR) is 92.1 cm³/mol. The average Bonchev–Trinajstić information content (AvgIpc) is 3.10. The van der Waals surface area contributed by atoms with Crippen LogP contribution in [-0.4, -0.2) is 21.4 Å². The largest absolute Gasteiger partial charge is 0.416 e. The first-order valence-electron chi connectivity index (χ1n) is 8.08. The van der Waals surface area contributed by atoms with Crippen LogP contribution in [0.5, 0.6) is 0 Å². The summed E-state index contributed by atoms with van der Waals surface area (Å²) < 4.78 is 40.0. The summed E-state index contributed by atoms with van der Waals surface area (Å²) in [5.41, 5.74) is 0.532. The zero-order chi connectivity index (χ0) is 19.2. The number of nitrogens with one attached hydrogen (secondary N) is 2. The van der Waals surface area contributed by atoms with Gasteiger partial charge in [0.15, 0.2) is 0 Å². The van der Waals surface area contributed by atoms with Gasteiger partial charge in [-0.3, -0.25) is 19.5 Å². The van der Waals surface area contributed by atoms with Crippen LogP contribution in [0.1, 0.15) is 18.0 Å². The topological polar surface area (TPSA) is 76.0 Å². The molecule has 1 unspecified atom stereocenters. The van der Waals surface area contributed by atoms with E-state index in [4.69, 9.17) is 0 Å². The highest BCUT2D eigenvalue weighted by atomic mass is 19.4. The molecule has 1 aromatic heterocycles. The van der Waals surface area contributed by atoms with Gasteiger partial charge < -0.3 is 5.32 Å². The highest BCUT2D eigenvalue weighted by Gasteiger charge is 2.35. The van der Waals surface area contributed by atoms with Crippen molar-refractivity contribution in [3.05, 3.63) is 54.1 Å². The molecule has 9 heteroatoms. The number of imidazole rings is 1. The summed E-state index contributed by atoms with van der Waals surface area (Å²) in [6.45, 7) is 0. The number of hydrogen-bond acceptors (Lipinski definition) is 3. The van der Waals surface area contributed by atoms with E-state index >= 15 is 0 Å². The molecule has 2 amide bonds. The SMILES string of the molecule is O=C(CC1C(=O)Nc2nc3ccccc3n21)Nc1cccc(C(F)(F)F)c1. The molecule has 2 heterocycles. The van der Waals surface area contributed by atoms with Crippen molar-refractivity contribution in [3.63, 3.8) is 0 Å². The van der Waals surface area contributed by atoms with Gasteiger partial charge in [0.25, 0.3) is 0 Å². The average molecular weight is 374 g/mol. The number of halogens is 3. The molecule has 2 aromatic carbocycles. The van der Waals surface area contributed by atoms with Gasteiger partial charge in [-0.1, -0.05) is 18.2 Å². The second-order valence-electron chi connectivity index (χ2n) is 6.13. The first-order valence-corrected chi connectivity index (χ1v) is 8.08. The summed E-state index contributed by atoms with van der Waals surface area (Å²) in [5.74, 6) is -0.611. The zero-order valence-electron chi connectivity index (χ0n) is 13.7. The molecule has 138 valence electrons. The van der Waals surface area contributed by atoms with Crippen LogP contribution in [0.2, 0.25) is 0 Å². The smallest absolute Gasteiger partial charge is 0.326 e. The maximum atomic E-state index is 12.8. The molecule has 1 atom stereocenters. The van der Waals surface area contributed by atoms with Crippen LogP contribution in [0.15, 0.2) is 48.5 Å². The minimum Gasteiger partial charge on any atom is -0.326 e. The number of anilines is 2. The molecule has 3 aromatic rings. The fourth-order valence-corrected chi connectivity index (χ4v) is 3.10. The van der Waals surface area contributed by atoms with Crippen LogP contribution in [-0.2, 0) is 15.8 Å². The summed E-state index contributed by atoms with van der Waals surface area (Å²) in [7, 11) is 0. The fourth-order valence-electron chi connectivity index (χ4n) is 3.10. The molecule has 4 rings (SSSR count). The number of benzene rings is 2. The molecule has 6 nitrogen and oxygen atoms in total. The van der Waals surface area contributed by atoms with E-state index in [-0.39, 0.29) is 18.0 Å². The summed E-state index contributed by atoms with van der Waals surface area (Å²) in [4.78, 5) is 28.8. The molecule has 1 aliphatic rings. The van der Waals surface area contributed by atoms with Crippen molar-refractivity contribution in [1.29, 1.82) is 0 Å². The Morgan fingerprint density at radius 3 is 2.74 bits per heavy atom. The molecule has 0 bridgehead atoms. The van der Waals surface area contributed by atoms with E-state index in [0.717, 1.165) is 12.1 Å². The molecular weight excluding hydrogens is 361 g/mol.